The van der Waals surface area contributed by atoms with E-state index in [1.807, 2.05) is 0 Å². The molecule has 0 fully saturated rings. The second-order valence-electron chi connectivity index (χ2n) is 5.82. The number of amides is 1. The Labute approximate surface area is 141 Å². The molecule has 142 valence electrons. The van der Waals surface area contributed by atoms with Gasteiger partial charge in [0.25, 0.3) is 0 Å². The Morgan fingerprint density at radius 3 is 2.12 bits per heavy atom. The normalized spacial score (nSPS) is 14.9. The zero-order chi connectivity index (χ0) is 19.3. The first kappa shape index (κ1) is 21.3. The lowest BCUT2D eigenvalue weighted by molar-refractivity contribution is -0.175. The Hall–Kier alpha value is -1.77. The number of carbonyl (C=O) groups is 1. The van der Waals surface area contributed by atoms with Crippen LogP contribution in [0.15, 0.2) is 24.3 Å². The molecule has 0 saturated carbocycles. The van der Waals surface area contributed by atoms with Crippen molar-refractivity contribution in [3.05, 3.63) is 35.4 Å². The standard InChI is InChI=1S/C16H19F6NO2/c1-10(12-3-5-13(6-4-12)16(20,21)22)7-14(24)23-11(2)8-25-9-15(17,18)19/h3-6,10-11H,7-9H2,1-2H3,(H,23,24). The zero-order valence-electron chi connectivity index (χ0n) is 13.7. The van der Waals surface area contributed by atoms with E-state index >= 15 is 0 Å². The molecule has 0 aliphatic rings. The first-order valence-electron chi connectivity index (χ1n) is 7.49. The van der Waals surface area contributed by atoms with Gasteiger partial charge in [-0.05, 0) is 30.5 Å². The topological polar surface area (TPSA) is 38.3 Å². The molecule has 0 saturated heterocycles. The van der Waals surface area contributed by atoms with Crippen molar-refractivity contribution in [3.63, 3.8) is 0 Å². The average Bonchev–Trinajstić information content (AvgIpc) is 2.44. The number of carbonyl (C=O) groups excluding carboxylic acids is 1. The van der Waals surface area contributed by atoms with E-state index in [9.17, 15) is 31.1 Å². The number of nitrogens with one attached hydrogen (secondary N) is 1. The minimum Gasteiger partial charge on any atom is -0.370 e. The van der Waals surface area contributed by atoms with Crippen LogP contribution in [-0.2, 0) is 15.7 Å². The highest BCUT2D eigenvalue weighted by Crippen LogP contribution is 2.30. The Balaban J connectivity index is 2.45. The maximum Gasteiger partial charge on any atom is 0.416 e. The van der Waals surface area contributed by atoms with Crippen molar-refractivity contribution in [2.75, 3.05) is 13.2 Å². The third-order valence-corrected chi connectivity index (χ3v) is 3.34. The molecule has 0 spiro atoms. The summed E-state index contributed by atoms with van der Waals surface area (Å²) >= 11 is 0. The summed E-state index contributed by atoms with van der Waals surface area (Å²) in [6, 6.07) is 3.87. The van der Waals surface area contributed by atoms with Gasteiger partial charge in [-0.2, -0.15) is 26.3 Å². The molecule has 1 rings (SSSR count). The minimum atomic E-state index is -4.43. The van der Waals surface area contributed by atoms with Gasteiger partial charge in [-0.3, -0.25) is 4.79 Å². The Kier molecular flexibility index (Phi) is 7.28. The van der Waals surface area contributed by atoms with Crippen LogP contribution in [0.2, 0.25) is 0 Å². The zero-order valence-corrected chi connectivity index (χ0v) is 13.7. The van der Waals surface area contributed by atoms with E-state index in [-0.39, 0.29) is 18.9 Å². The molecule has 0 aromatic heterocycles. The fraction of sp³-hybridized carbons (Fsp3) is 0.562. The van der Waals surface area contributed by atoms with Crippen molar-refractivity contribution < 1.29 is 35.9 Å². The molecule has 3 nitrogen and oxygen atoms in total. The van der Waals surface area contributed by atoms with Gasteiger partial charge < -0.3 is 10.1 Å². The van der Waals surface area contributed by atoms with Gasteiger partial charge in [-0.25, -0.2) is 0 Å². The van der Waals surface area contributed by atoms with E-state index in [4.69, 9.17) is 0 Å². The number of halogens is 6. The summed E-state index contributed by atoms with van der Waals surface area (Å²) in [7, 11) is 0. The predicted molar refractivity (Wildman–Crippen MR) is 79.0 cm³/mol. The second kappa shape index (κ2) is 8.55. The molecular weight excluding hydrogens is 352 g/mol. The SMILES string of the molecule is CC(COCC(F)(F)F)NC(=O)CC(C)c1ccc(C(F)(F)F)cc1. The van der Waals surface area contributed by atoms with Crippen LogP contribution in [0.4, 0.5) is 26.3 Å². The molecule has 0 heterocycles. The van der Waals surface area contributed by atoms with Gasteiger partial charge in [-0.15, -0.1) is 0 Å². The third-order valence-electron chi connectivity index (χ3n) is 3.34. The predicted octanol–water partition coefficient (Wildman–Crippen LogP) is 4.28. The number of rotatable bonds is 7. The molecule has 9 heteroatoms. The highest BCUT2D eigenvalue weighted by atomic mass is 19.4. The van der Waals surface area contributed by atoms with Gasteiger partial charge in [0.2, 0.25) is 5.91 Å². The van der Waals surface area contributed by atoms with Gasteiger partial charge in [0, 0.05) is 12.5 Å². The molecule has 0 aliphatic carbocycles. The first-order chi connectivity index (χ1) is 11.4. The van der Waals surface area contributed by atoms with Crippen LogP contribution in [0.5, 0.6) is 0 Å². The van der Waals surface area contributed by atoms with E-state index < -0.39 is 36.5 Å². The number of hydrogen-bond acceptors (Lipinski definition) is 2. The van der Waals surface area contributed by atoms with Gasteiger partial charge in [0.05, 0.1) is 12.2 Å². The maximum atomic E-state index is 12.5. The van der Waals surface area contributed by atoms with Crippen molar-refractivity contribution >= 4 is 5.91 Å². The molecule has 1 N–H and O–H groups in total. The second-order valence-corrected chi connectivity index (χ2v) is 5.82. The van der Waals surface area contributed by atoms with E-state index in [0.717, 1.165) is 12.1 Å². The molecule has 2 unspecified atom stereocenters. The fourth-order valence-corrected chi connectivity index (χ4v) is 2.12. The molecule has 1 aromatic carbocycles. The lowest BCUT2D eigenvalue weighted by Crippen LogP contribution is -2.37. The molecule has 25 heavy (non-hydrogen) atoms. The molecule has 0 bridgehead atoms. The smallest absolute Gasteiger partial charge is 0.370 e. The fourth-order valence-electron chi connectivity index (χ4n) is 2.12. The number of alkyl halides is 6. The van der Waals surface area contributed by atoms with Crippen LogP contribution in [0.25, 0.3) is 0 Å². The Morgan fingerprint density at radius 1 is 1.08 bits per heavy atom. The van der Waals surface area contributed by atoms with Crippen LogP contribution >= 0.6 is 0 Å². The molecule has 2 atom stereocenters. The van der Waals surface area contributed by atoms with Crippen molar-refractivity contribution in [2.24, 2.45) is 0 Å². The average molecular weight is 371 g/mol. The van der Waals surface area contributed by atoms with Crippen molar-refractivity contribution in [1.29, 1.82) is 0 Å². The maximum absolute atomic E-state index is 12.5. The van der Waals surface area contributed by atoms with E-state index in [2.05, 4.69) is 10.1 Å². The Morgan fingerprint density at radius 2 is 1.64 bits per heavy atom. The monoisotopic (exact) mass is 371 g/mol. The highest BCUT2D eigenvalue weighted by molar-refractivity contribution is 5.77. The summed E-state index contributed by atoms with van der Waals surface area (Å²) in [5, 5.41) is 2.49. The van der Waals surface area contributed by atoms with Gasteiger partial charge in [-0.1, -0.05) is 19.1 Å². The van der Waals surface area contributed by atoms with E-state index in [1.54, 1.807) is 6.92 Å². The highest BCUT2D eigenvalue weighted by Gasteiger charge is 2.30. The molecule has 0 radical (unpaired) electrons. The van der Waals surface area contributed by atoms with E-state index in [1.165, 1.54) is 19.1 Å². The molecule has 1 aromatic rings. The summed E-state index contributed by atoms with van der Waals surface area (Å²) < 4.78 is 77.8. The third kappa shape index (κ3) is 8.24. The quantitative estimate of drug-likeness (QED) is 0.727. The number of benzene rings is 1. The summed E-state index contributed by atoms with van der Waals surface area (Å²) in [5.41, 5.74) is -0.215. The summed E-state index contributed by atoms with van der Waals surface area (Å²) in [5.74, 6) is -0.763. The van der Waals surface area contributed by atoms with Gasteiger partial charge in [0.1, 0.15) is 6.61 Å². The largest absolute Gasteiger partial charge is 0.416 e. The number of hydrogen-bond donors (Lipinski definition) is 1. The summed E-state index contributed by atoms with van der Waals surface area (Å²) in [6.07, 6.45) is -8.86. The Bertz CT molecular complexity index is 553. The van der Waals surface area contributed by atoms with Gasteiger partial charge in [0.15, 0.2) is 0 Å². The van der Waals surface area contributed by atoms with Crippen molar-refractivity contribution in [2.45, 2.75) is 44.6 Å². The van der Waals surface area contributed by atoms with E-state index in [0.29, 0.717) is 5.56 Å². The van der Waals surface area contributed by atoms with Crippen LogP contribution in [-0.4, -0.2) is 31.3 Å². The van der Waals surface area contributed by atoms with Gasteiger partial charge >= 0.3 is 12.4 Å². The van der Waals surface area contributed by atoms with Crippen LogP contribution in [0.3, 0.4) is 0 Å². The lowest BCUT2D eigenvalue weighted by atomic mass is 9.96. The van der Waals surface area contributed by atoms with Crippen LogP contribution < -0.4 is 5.32 Å². The van der Waals surface area contributed by atoms with Crippen LogP contribution in [0, 0.1) is 0 Å². The molecule has 1 amide bonds. The van der Waals surface area contributed by atoms with Crippen LogP contribution in [0.1, 0.15) is 37.3 Å². The molecular formula is C16H19F6NO2. The summed E-state index contributed by atoms with van der Waals surface area (Å²) in [4.78, 5) is 11.9. The number of ether oxygens (including phenoxy) is 1. The molecule has 0 aliphatic heterocycles. The van der Waals surface area contributed by atoms with Crippen molar-refractivity contribution in [1.82, 2.24) is 5.32 Å². The first-order valence-corrected chi connectivity index (χ1v) is 7.49. The lowest BCUT2D eigenvalue weighted by Gasteiger charge is -2.17. The summed E-state index contributed by atoms with van der Waals surface area (Å²) in [6.45, 7) is 1.49. The minimum absolute atomic E-state index is 0.00498. The van der Waals surface area contributed by atoms with Crippen molar-refractivity contribution in [3.8, 4) is 0 Å².